The average Bonchev–Trinajstić information content (AvgIpc) is 2.61. The largest absolute Gasteiger partial charge is 0.269 e. The van der Waals surface area contributed by atoms with Crippen LogP contribution in [0.4, 0.5) is 5.69 Å². The van der Waals surface area contributed by atoms with Gasteiger partial charge in [-0.15, -0.1) is 0 Å². The van der Waals surface area contributed by atoms with E-state index in [9.17, 15) is 10.1 Å². The zero-order valence-corrected chi connectivity index (χ0v) is 12.4. The summed E-state index contributed by atoms with van der Waals surface area (Å²) in [6.07, 6.45) is 4.13. The number of non-ortho nitro benzene ring substituents is 1. The Morgan fingerprint density at radius 2 is 1.13 bits per heavy atom. The van der Waals surface area contributed by atoms with Crippen LogP contribution in [0.2, 0.25) is 0 Å². The van der Waals surface area contributed by atoms with E-state index in [-0.39, 0.29) is 10.6 Å². The molecule has 0 bridgehead atoms. The number of hydrogen-bond donors (Lipinski definition) is 0. The Bertz CT molecular complexity index is 820. The van der Waals surface area contributed by atoms with E-state index in [1.54, 1.807) is 12.1 Å². The van der Waals surface area contributed by atoms with Crippen LogP contribution in [0.5, 0.6) is 0 Å². The quantitative estimate of drug-likeness (QED) is 0.366. The van der Waals surface area contributed by atoms with Gasteiger partial charge in [-0.2, -0.15) is 0 Å². The first kappa shape index (κ1) is 14.7. The molecular weight excluding hydrogens is 286 g/mol. The Kier molecular flexibility index (Phi) is 4.29. The first-order valence-corrected chi connectivity index (χ1v) is 7.30. The van der Waals surface area contributed by atoms with Gasteiger partial charge < -0.3 is 0 Å². The molecule has 0 amide bonds. The second kappa shape index (κ2) is 6.71. The highest BCUT2D eigenvalue weighted by atomic mass is 16.6. The van der Waals surface area contributed by atoms with E-state index >= 15 is 0 Å². The van der Waals surface area contributed by atoms with Crippen LogP contribution in [0, 0.1) is 10.1 Å². The lowest BCUT2D eigenvalue weighted by Gasteiger charge is -2.02. The summed E-state index contributed by atoms with van der Waals surface area (Å²) < 4.78 is 0. The molecule has 0 saturated carbocycles. The average molecular weight is 301 g/mol. The Hall–Kier alpha value is -3.20. The first-order chi connectivity index (χ1) is 11.2. The van der Waals surface area contributed by atoms with Crippen molar-refractivity contribution in [3.63, 3.8) is 0 Å². The maximum absolute atomic E-state index is 10.7. The summed E-state index contributed by atoms with van der Waals surface area (Å²) in [6.45, 7) is 0. The van der Waals surface area contributed by atoms with E-state index in [0.29, 0.717) is 0 Å². The van der Waals surface area contributed by atoms with E-state index in [0.717, 1.165) is 22.3 Å². The van der Waals surface area contributed by atoms with Crippen LogP contribution >= 0.6 is 0 Å². The van der Waals surface area contributed by atoms with Gasteiger partial charge in [-0.25, -0.2) is 0 Å². The molecule has 0 aliphatic rings. The molecule has 3 rings (SSSR count). The fourth-order valence-electron chi connectivity index (χ4n) is 2.32. The minimum absolute atomic E-state index is 0.108. The van der Waals surface area contributed by atoms with Crippen LogP contribution in [0.15, 0.2) is 78.9 Å². The summed E-state index contributed by atoms with van der Waals surface area (Å²) in [4.78, 5) is 10.3. The van der Waals surface area contributed by atoms with Crippen molar-refractivity contribution >= 4 is 17.8 Å². The zero-order valence-electron chi connectivity index (χ0n) is 12.4. The van der Waals surface area contributed by atoms with E-state index in [4.69, 9.17) is 0 Å². The van der Waals surface area contributed by atoms with Crippen molar-refractivity contribution in [2.45, 2.75) is 0 Å². The number of nitro groups is 1. The Balaban J connectivity index is 1.76. The summed E-state index contributed by atoms with van der Waals surface area (Å²) in [5, 5.41) is 10.7. The fraction of sp³-hybridized carbons (Fsp3) is 0. The van der Waals surface area contributed by atoms with Crippen LogP contribution in [-0.2, 0) is 0 Å². The number of benzene rings is 3. The van der Waals surface area contributed by atoms with Crippen LogP contribution < -0.4 is 0 Å². The van der Waals surface area contributed by atoms with Gasteiger partial charge in [0.25, 0.3) is 5.69 Å². The fourth-order valence-corrected chi connectivity index (χ4v) is 2.32. The second-order valence-electron chi connectivity index (χ2n) is 5.17. The second-order valence-corrected chi connectivity index (χ2v) is 5.17. The van der Waals surface area contributed by atoms with Gasteiger partial charge in [0, 0.05) is 12.1 Å². The molecule has 23 heavy (non-hydrogen) atoms. The monoisotopic (exact) mass is 301 g/mol. The summed E-state index contributed by atoms with van der Waals surface area (Å²) in [6, 6.07) is 24.8. The summed E-state index contributed by atoms with van der Waals surface area (Å²) in [5.74, 6) is 0. The van der Waals surface area contributed by atoms with E-state index in [1.807, 2.05) is 42.5 Å². The highest BCUT2D eigenvalue weighted by Crippen LogP contribution is 2.23. The van der Waals surface area contributed by atoms with Crippen LogP contribution in [0.25, 0.3) is 23.3 Å². The van der Waals surface area contributed by atoms with Crippen molar-refractivity contribution in [2.24, 2.45) is 0 Å². The molecular formula is C20H15NO2. The first-order valence-electron chi connectivity index (χ1n) is 7.30. The number of hydrogen-bond acceptors (Lipinski definition) is 2. The van der Waals surface area contributed by atoms with E-state index in [2.05, 4.69) is 24.3 Å². The van der Waals surface area contributed by atoms with Gasteiger partial charge >= 0.3 is 0 Å². The standard InChI is InChI=1S/C20H15NO2/c22-21(23)20-14-12-19(13-15-20)18-10-8-17(9-11-18)7-6-16-4-2-1-3-5-16/h1-15H. The third-order valence-corrected chi connectivity index (χ3v) is 3.59. The van der Waals surface area contributed by atoms with Gasteiger partial charge in [0.05, 0.1) is 4.92 Å². The highest BCUT2D eigenvalue weighted by Gasteiger charge is 2.04. The molecule has 0 spiro atoms. The molecule has 0 aliphatic carbocycles. The molecule has 0 radical (unpaired) electrons. The Labute approximate surface area is 134 Å². The SMILES string of the molecule is O=[N+]([O-])c1ccc(-c2ccc(C=Cc3ccccc3)cc2)cc1. The van der Waals surface area contributed by atoms with Gasteiger partial charge in [0.1, 0.15) is 0 Å². The Morgan fingerprint density at radius 3 is 1.65 bits per heavy atom. The van der Waals surface area contributed by atoms with Gasteiger partial charge in [-0.05, 0) is 34.4 Å². The smallest absolute Gasteiger partial charge is 0.258 e. The van der Waals surface area contributed by atoms with Gasteiger partial charge in [-0.3, -0.25) is 10.1 Å². The Morgan fingerprint density at radius 1 is 0.652 bits per heavy atom. The summed E-state index contributed by atoms with van der Waals surface area (Å²) in [5.41, 5.74) is 4.38. The molecule has 0 atom stereocenters. The van der Waals surface area contributed by atoms with E-state index in [1.165, 1.54) is 12.1 Å². The van der Waals surface area contributed by atoms with Crippen molar-refractivity contribution in [3.8, 4) is 11.1 Å². The molecule has 3 aromatic rings. The molecule has 0 aromatic heterocycles. The van der Waals surface area contributed by atoms with E-state index < -0.39 is 0 Å². The molecule has 0 saturated heterocycles. The minimum Gasteiger partial charge on any atom is -0.258 e. The van der Waals surface area contributed by atoms with Crippen molar-refractivity contribution in [3.05, 3.63) is 100 Å². The van der Waals surface area contributed by atoms with Crippen LogP contribution in [0.3, 0.4) is 0 Å². The molecule has 3 aromatic carbocycles. The topological polar surface area (TPSA) is 43.1 Å². The zero-order chi connectivity index (χ0) is 16.1. The molecule has 0 heterocycles. The number of nitro benzene ring substituents is 1. The lowest BCUT2D eigenvalue weighted by Crippen LogP contribution is -1.87. The third-order valence-electron chi connectivity index (χ3n) is 3.59. The summed E-state index contributed by atoms with van der Waals surface area (Å²) >= 11 is 0. The maximum atomic E-state index is 10.7. The van der Waals surface area contributed by atoms with Crippen molar-refractivity contribution < 1.29 is 4.92 Å². The van der Waals surface area contributed by atoms with Crippen molar-refractivity contribution in [1.82, 2.24) is 0 Å². The molecule has 3 heteroatoms. The van der Waals surface area contributed by atoms with Crippen molar-refractivity contribution in [2.75, 3.05) is 0 Å². The predicted octanol–water partition coefficient (Wildman–Crippen LogP) is 5.43. The number of rotatable bonds is 4. The molecule has 3 nitrogen and oxygen atoms in total. The molecule has 0 fully saturated rings. The summed E-state index contributed by atoms with van der Waals surface area (Å²) in [7, 11) is 0. The van der Waals surface area contributed by atoms with Crippen LogP contribution in [0.1, 0.15) is 11.1 Å². The molecule has 0 N–H and O–H groups in total. The number of nitrogens with zero attached hydrogens (tertiary/aromatic N) is 1. The maximum Gasteiger partial charge on any atom is 0.269 e. The van der Waals surface area contributed by atoms with Crippen LogP contribution in [-0.4, -0.2) is 4.92 Å². The lowest BCUT2D eigenvalue weighted by molar-refractivity contribution is -0.384. The third kappa shape index (κ3) is 3.71. The highest BCUT2D eigenvalue weighted by molar-refractivity contribution is 5.72. The van der Waals surface area contributed by atoms with Crippen molar-refractivity contribution in [1.29, 1.82) is 0 Å². The molecule has 0 aliphatic heterocycles. The molecule has 0 unspecified atom stereocenters. The molecule has 112 valence electrons. The van der Waals surface area contributed by atoms with Gasteiger partial charge in [0.15, 0.2) is 0 Å². The minimum atomic E-state index is -0.388. The normalized spacial score (nSPS) is 10.8. The van der Waals surface area contributed by atoms with Gasteiger partial charge in [-0.1, -0.05) is 66.7 Å². The van der Waals surface area contributed by atoms with Gasteiger partial charge in [0.2, 0.25) is 0 Å². The predicted molar refractivity (Wildman–Crippen MR) is 93.9 cm³/mol. The lowest BCUT2D eigenvalue weighted by atomic mass is 10.0.